The number of carbonyl (C=O) groups excluding carboxylic acids is 2. The van der Waals surface area contributed by atoms with Gasteiger partial charge in [0.05, 0.1) is 30.0 Å². The average molecular weight is 499 g/mol. The molecule has 0 radical (unpaired) electrons. The van der Waals surface area contributed by atoms with Gasteiger partial charge in [0.2, 0.25) is 0 Å². The number of rotatable bonds is 8. The maximum absolute atomic E-state index is 13.2. The number of aliphatic carboxylic acids is 1. The maximum Gasteiger partial charge on any atom is 0.337 e. The fraction of sp³-hybridized carbons (Fsp3) is 0.250. The highest BCUT2D eigenvalue weighted by Crippen LogP contribution is 2.31. The number of nitrogens with zero attached hydrogens (tertiary/aromatic N) is 2. The first-order valence-electron chi connectivity index (χ1n) is 10.1. The molecular formula is C24H23BrN2O5. The van der Waals surface area contributed by atoms with E-state index in [2.05, 4.69) is 25.8 Å². The van der Waals surface area contributed by atoms with Gasteiger partial charge in [-0.3, -0.25) is 4.79 Å². The van der Waals surface area contributed by atoms with Crippen LogP contribution in [-0.2, 0) is 14.3 Å². The number of hydrazone groups is 1. The van der Waals surface area contributed by atoms with Crippen molar-refractivity contribution in [1.29, 1.82) is 0 Å². The van der Waals surface area contributed by atoms with Gasteiger partial charge in [0.25, 0.3) is 5.91 Å². The molecule has 0 fully saturated rings. The molecule has 1 atom stereocenters. The summed E-state index contributed by atoms with van der Waals surface area (Å²) in [4.78, 5) is 36.7. The summed E-state index contributed by atoms with van der Waals surface area (Å²) in [6.45, 7) is 1.99. The van der Waals surface area contributed by atoms with Gasteiger partial charge in [-0.25, -0.2) is 14.6 Å². The summed E-state index contributed by atoms with van der Waals surface area (Å²) < 4.78 is 5.56. The molecule has 0 spiro atoms. The largest absolute Gasteiger partial charge is 0.478 e. The van der Waals surface area contributed by atoms with E-state index >= 15 is 0 Å². The third kappa shape index (κ3) is 5.31. The second-order valence-corrected chi connectivity index (χ2v) is 8.23. The summed E-state index contributed by atoms with van der Waals surface area (Å²) in [6, 6.07) is 13.6. The van der Waals surface area contributed by atoms with Crippen molar-refractivity contribution >= 4 is 51.3 Å². The van der Waals surface area contributed by atoms with Crippen molar-refractivity contribution in [3.05, 3.63) is 69.7 Å². The molecule has 32 heavy (non-hydrogen) atoms. The number of hydrogen-bond acceptors (Lipinski definition) is 5. The van der Waals surface area contributed by atoms with E-state index in [1.807, 2.05) is 19.1 Å². The van der Waals surface area contributed by atoms with Gasteiger partial charge in [-0.05, 0) is 60.9 Å². The third-order valence-electron chi connectivity index (χ3n) is 5.09. The van der Waals surface area contributed by atoms with Crippen LogP contribution in [0.1, 0.15) is 42.1 Å². The van der Waals surface area contributed by atoms with Gasteiger partial charge in [-0.2, -0.15) is 5.10 Å². The Hall–Kier alpha value is -3.26. The normalized spacial score (nSPS) is 16.2. The van der Waals surface area contributed by atoms with Crippen molar-refractivity contribution < 1.29 is 24.2 Å². The van der Waals surface area contributed by atoms with Crippen LogP contribution in [0.25, 0.3) is 6.08 Å². The summed E-state index contributed by atoms with van der Waals surface area (Å²) in [6.07, 6.45) is 2.93. The molecule has 1 amide bonds. The van der Waals surface area contributed by atoms with Crippen LogP contribution >= 0.6 is 15.9 Å². The van der Waals surface area contributed by atoms with Crippen LogP contribution in [0.2, 0.25) is 0 Å². The van der Waals surface area contributed by atoms with E-state index in [1.54, 1.807) is 36.4 Å². The van der Waals surface area contributed by atoms with Gasteiger partial charge in [0, 0.05) is 10.0 Å². The van der Waals surface area contributed by atoms with Crippen molar-refractivity contribution in [2.45, 2.75) is 26.2 Å². The Morgan fingerprint density at radius 1 is 1.16 bits per heavy atom. The number of hydrogen-bond donors (Lipinski definition) is 1. The summed E-state index contributed by atoms with van der Waals surface area (Å²) in [5, 5.41) is 15.6. The van der Waals surface area contributed by atoms with E-state index in [9.17, 15) is 19.5 Å². The standard InChI is InChI=1S/C24H23BrN2O5/c1-3-4-21-20(22(28)27(26-21)19-11-9-18(25)10-12-19)14-17(23(29)30)13-15-5-7-16(8-6-15)24(31)32-2/h5-13,20H,3-4,14H2,1-2H3,(H,29,30). The molecule has 0 saturated heterocycles. The summed E-state index contributed by atoms with van der Waals surface area (Å²) in [5.41, 5.74) is 2.38. The molecule has 1 heterocycles. The topological polar surface area (TPSA) is 96.3 Å². The monoisotopic (exact) mass is 498 g/mol. The Kier molecular flexibility index (Phi) is 7.58. The zero-order chi connectivity index (χ0) is 23.3. The Morgan fingerprint density at radius 2 is 1.81 bits per heavy atom. The Morgan fingerprint density at radius 3 is 2.38 bits per heavy atom. The number of carboxylic acids is 1. The second-order valence-electron chi connectivity index (χ2n) is 7.31. The smallest absolute Gasteiger partial charge is 0.337 e. The van der Waals surface area contributed by atoms with Crippen LogP contribution in [0.15, 0.2) is 63.7 Å². The van der Waals surface area contributed by atoms with E-state index in [1.165, 1.54) is 18.2 Å². The predicted molar refractivity (Wildman–Crippen MR) is 125 cm³/mol. The summed E-state index contributed by atoms with van der Waals surface area (Å²) in [7, 11) is 1.30. The van der Waals surface area contributed by atoms with E-state index in [-0.39, 0.29) is 17.9 Å². The number of halogens is 1. The number of carbonyl (C=O) groups is 3. The van der Waals surface area contributed by atoms with Gasteiger partial charge >= 0.3 is 11.9 Å². The molecule has 3 rings (SSSR count). The van der Waals surface area contributed by atoms with Crippen LogP contribution in [0.5, 0.6) is 0 Å². The van der Waals surface area contributed by atoms with Crippen molar-refractivity contribution in [2.75, 3.05) is 12.1 Å². The van der Waals surface area contributed by atoms with Gasteiger partial charge in [0.1, 0.15) is 0 Å². The summed E-state index contributed by atoms with van der Waals surface area (Å²) >= 11 is 3.38. The Bertz CT molecular complexity index is 1070. The Labute approximate surface area is 194 Å². The van der Waals surface area contributed by atoms with Crippen LogP contribution in [0, 0.1) is 5.92 Å². The number of ether oxygens (including phenoxy) is 1. The lowest BCUT2D eigenvalue weighted by Gasteiger charge is -2.15. The molecule has 0 aromatic heterocycles. The molecular weight excluding hydrogens is 476 g/mol. The van der Waals surface area contributed by atoms with Gasteiger partial charge in [-0.1, -0.05) is 41.4 Å². The first-order chi connectivity index (χ1) is 15.3. The first-order valence-corrected chi connectivity index (χ1v) is 10.9. The minimum Gasteiger partial charge on any atom is -0.478 e. The molecule has 1 aliphatic heterocycles. The molecule has 166 valence electrons. The van der Waals surface area contributed by atoms with Gasteiger partial charge in [-0.15, -0.1) is 0 Å². The van der Waals surface area contributed by atoms with Crippen molar-refractivity contribution in [3.63, 3.8) is 0 Å². The van der Waals surface area contributed by atoms with E-state index in [0.29, 0.717) is 28.9 Å². The third-order valence-corrected chi connectivity index (χ3v) is 5.61. The highest BCUT2D eigenvalue weighted by Gasteiger charge is 2.37. The molecule has 1 unspecified atom stereocenters. The number of anilines is 1. The average Bonchev–Trinajstić information content (AvgIpc) is 3.09. The number of methoxy groups -OCH3 is 1. The van der Waals surface area contributed by atoms with Crippen LogP contribution < -0.4 is 5.01 Å². The molecule has 2 aromatic rings. The maximum atomic E-state index is 13.2. The van der Waals surface area contributed by atoms with Gasteiger partial charge < -0.3 is 9.84 Å². The lowest BCUT2D eigenvalue weighted by Crippen LogP contribution is -2.28. The molecule has 2 aromatic carbocycles. The van der Waals surface area contributed by atoms with Crippen LogP contribution in [0.3, 0.4) is 0 Å². The van der Waals surface area contributed by atoms with Crippen LogP contribution in [-0.4, -0.2) is 35.8 Å². The van der Waals surface area contributed by atoms with Crippen molar-refractivity contribution in [3.8, 4) is 0 Å². The summed E-state index contributed by atoms with van der Waals surface area (Å²) in [5.74, 6) is -2.46. The minimum absolute atomic E-state index is 0.0266. The lowest BCUT2D eigenvalue weighted by atomic mass is 9.91. The second kappa shape index (κ2) is 10.4. The molecule has 0 aliphatic carbocycles. The highest BCUT2D eigenvalue weighted by atomic mass is 79.9. The fourth-order valence-corrected chi connectivity index (χ4v) is 3.72. The lowest BCUT2D eigenvalue weighted by molar-refractivity contribution is -0.132. The van der Waals surface area contributed by atoms with Crippen molar-refractivity contribution in [1.82, 2.24) is 0 Å². The van der Waals surface area contributed by atoms with Crippen molar-refractivity contribution in [2.24, 2.45) is 11.0 Å². The fourth-order valence-electron chi connectivity index (χ4n) is 3.45. The quantitative estimate of drug-likeness (QED) is 0.411. The molecule has 1 aliphatic rings. The number of benzene rings is 2. The molecule has 7 nitrogen and oxygen atoms in total. The predicted octanol–water partition coefficient (Wildman–Crippen LogP) is 4.91. The first kappa shape index (κ1) is 23.4. The van der Waals surface area contributed by atoms with E-state index in [4.69, 9.17) is 0 Å². The molecule has 0 saturated carbocycles. The number of carboxylic acid groups (broad SMARTS) is 1. The van der Waals surface area contributed by atoms with Gasteiger partial charge in [0.15, 0.2) is 0 Å². The SMILES string of the molecule is CCCC1=NN(c2ccc(Br)cc2)C(=O)C1CC(=Cc1ccc(C(=O)OC)cc1)C(=O)O. The van der Waals surface area contributed by atoms with E-state index < -0.39 is 17.9 Å². The zero-order valence-electron chi connectivity index (χ0n) is 17.7. The van der Waals surface area contributed by atoms with E-state index in [0.717, 1.165) is 10.9 Å². The molecule has 8 heteroatoms. The number of amides is 1. The Balaban J connectivity index is 1.87. The molecule has 0 bridgehead atoms. The molecule has 1 N–H and O–H groups in total. The highest BCUT2D eigenvalue weighted by molar-refractivity contribution is 9.10. The van der Waals surface area contributed by atoms with Crippen LogP contribution in [0.4, 0.5) is 5.69 Å². The minimum atomic E-state index is -1.10. The number of esters is 1. The zero-order valence-corrected chi connectivity index (χ0v) is 19.3.